The number of halogens is 1. The molecule has 0 bridgehead atoms. The number of hydrogen-bond donors (Lipinski definition) is 2. The van der Waals surface area contributed by atoms with Crippen LogP contribution >= 0.6 is 15.9 Å². The molecule has 1 atom stereocenters. The summed E-state index contributed by atoms with van der Waals surface area (Å²) in [4.78, 5) is 24.4. The Bertz CT molecular complexity index is 612. The quantitative estimate of drug-likeness (QED) is 0.875. The lowest BCUT2D eigenvalue weighted by Crippen LogP contribution is -2.33. The molecule has 0 aliphatic carbocycles. The van der Waals surface area contributed by atoms with Gasteiger partial charge in [-0.2, -0.15) is 5.26 Å². The summed E-state index contributed by atoms with van der Waals surface area (Å²) in [5.41, 5.74) is 1.09. The molecule has 6 nitrogen and oxygen atoms in total. The Morgan fingerprint density at radius 3 is 2.90 bits per heavy atom. The monoisotopic (exact) mass is 351 g/mol. The second-order valence-corrected chi connectivity index (χ2v) is 5.79. The molecule has 2 rings (SSSR count). The first kappa shape index (κ1) is 15.3. The first-order valence-electron chi connectivity index (χ1n) is 6.47. The number of carboxylic acid groups (broad SMARTS) is 1. The summed E-state index contributed by atoms with van der Waals surface area (Å²) >= 11 is 3.31. The van der Waals surface area contributed by atoms with Gasteiger partial charge in [0.15, 0.2) is 0 Å². The Morgan fingerprint density at radius 1 is 1.52 bits per heavy atom. The number of benzene rings is 1. The molecule has 0 radical (unpaired) electrons. The van der Waals surface area contributed by atoms with E-state index in [-0.39, 0.29) is 18.4 Å². The van der Waals surface area contributed by atoms with Gasteiger partial charge < -0.3 is 15.3 Å². The number of carbonyl (C=O) groups excluding carboxylic acids is 1. The number of nitrogens with zero attached hydrogens (tertiary/aromatic N) is 2. The number of hydrogen-bond acceptors (Lipinski definition) is 3. The summed E-state index contributed by atoms with van der Waals surface area (Å²) in [5, 5.41) is 20.3. The average molecular weight is 352 g/mol. The Morgan fingerprint density at radius 2 is 2.29 bits per heavy atom. The number of aliphatic carboxylic acids is 1. The van der Waals surface area contributed by atoms with Gasteiger partial charge in [-0.05, 0) is 46.5 Å². The first-order valence-corrected chi connectivity index (χ1v) is 7.26. The van der Waals surface area contributed by atoms with Crippen LogP contribution in [-0.2, 0) is 4.79 Å². The highest BCUT2D eigenvalue weighted by Gasteiger charge is 2.27. The van der Waals surface area contributed by atoms with Crippen molar-refractivity contribution in [3.8, 4) is 6.07 Å². The third-order valence-electron chi connectivity index (χ3n) is 3.38. The first-order chi connectivity index (χ1) is 9.99. The molecule has 1 aromatic rings. The predicted molar refractivity (Wildman–Crippen MR) is 79.8 cm³/mol. The van der Waals surface area contributed by atoms with E-state index in [1.54, 1.807) is 23.1 Å². The smallest absolute Gasteiger partial charge is 0.321 e. The molecule has 1 aliphatic rings. The molecule has 2 N–H and O–H groups in total. The van der Waals surface area contributed by atoms with Crippen LogP contribution in [-0.4, -0.2) is 35.1 Å². The molecular formula is C14H14BrN3O3. The molecule has 0 aromatic heterocycles. The number of anilines is 1. The van der Waals surface area contributed by atoms with Crippen LogP contribution in [0.4, 0.5) is 10.5 Å². The second-order valence-electron chi connectivity index (χ2n) is 4.94. The molecule has 0 saturated carbocycles. The standard InChI is InChI=1S/C14H14BrN3O3/c15-11-5-9(7-16)1-2-12(11)17-14(21)18-4-3-10(8-18)6-13(19)20/h1-2,5,10H,3-4,6,8H2,(H,17,21)(H,19,20). The molecule has 1 aromatic carbocycles. The van der Waals surface area contributed by atoms with E-state index in [1.165, 1.54) is 0 Å². The molecular weight excluding hydrogens is 338 g/mol. The van der Waals surface area contributed by atoms with Crippen LogP contribution in [0, 0.1) is 17.2 Å². The normalized spacial score (nSPS) is 17.3. The second kappa shape index (κ2) is 6.59. The molecule has 1 saturated heterocycles. The van der Waals surface area contributed by atoms with Crippen molar-refractivity contribution in [3.63, 3.8) is 0 Å². The number of nitriles is 1. The van der Waals surface area contributed by atoms with Gasteiger partial charge in [-0.25, -0.2) is 4.79 Å². The Balaban J connectivity index is 1.96. The topological polar surface area (TPSA) is 93.4 Å². The maximum absolute atomic E-state index is 12.1. The number of carboxylic acids is 1. The zero-order valence-corrected chi connectivity index (χ0v) is 12.8. The molecule has 21 heavy (non-hydrogen) atoms. The number of urea groups is 1. The van der Waals surface area contributed by atoms with Gasteiger partial charge in [0.25, 0.3) is 0 Å². The highest BCUT2D eigenvalue weighted by Crippen LogP contribution is 2.25. The Hall–Kier alpha value is -2.07. The van der Waals surface area contributed by atoms with E-state index < -0.39 is 5.97 Å². The van der Waals surface area contributed by atoms with Crippen molar-refractivity contribution in [2.45, 2.75) is 12.8 Å². The zero-order chi connectivity index (χ0) is 15.4. The van der Waals surface area contributed by atoms with Gasteiger partial charge in [0.1, 0.15) is 0 Å². The molecule has 7 heteroatoms. The maximum Gasteiger partial charge on any atom is 0.321 e. The number of carbonyl (C=O) groups is 2. The summed E-state index contributed by atoms with van der Waals surface area (Å²) < 4.78 is 0.635. The van der Waals surface area contributed by atoms with E-state index in [9.17, 15) is 9.59 Å². The van der Waals surface area contributed by atoms with Crippen LogP contribution < -0.4 is 5.32 Å². The van der Waals surface area contributed by atoms with E-state index in [0.717, 1.165) is 0 Å². The van der Waals surface area contributed by atoms with E-state index in [1.807, 2.05) is 6.07 Å². The predicted octanol–water partition coefficient (Wildman–Crippen LogP) is 2.65. The van der Waals surface area contributed by atoms with Gasteiger partial charge in [0.05, 0.1) is 17.3 Å². The van der Waals surface area contributed by atoms with Crippen molar-refractivity contribution in [1.29, 1.82) is 5.26 Å². The summed E-state index contributed by atoms with van der Waals surface area (Å²) in [7, 11) is 0. The van der Waals surface area contributed by atoms with Gasteiger partial charge in [0, 0.05) is 24.0 Å². The molecule has 2 amide bonds. The van der Waals surface area contributed by atoms with Crippen LogP contribution in [0.3, 0.4) is 0 Å². The molecule has 1 unspecified atom stereocenters. The van der Waals surface area contributed by atoms with Crippen molar-refractivity contribution in [2.75, 3.05) is 18.4 Å². The zero-order valence-electron chi connectivity index (χ0n) is 11.2. The lowest BCUT2D eigenvalue weighted by Gasteiger charge is -2.17. The van der Waals surface area contributed by atoms with Gasteiger partial charge in [-0.3, -0.25) is 4.79 Å². The third-order valence-corrected chi connectivity index (χ3v) is 4.03. The van der Waals surface area contributed by atoms with Crippen molar-refractivity contribution < 1.29 is 14.7 Å². The summed E-state index contributed by atoms with van der Waals surface area (Å²) in [6.07, 6.45) is 0.790. The highest BCUT2D eigenvalue weighted by molar-refractivity contribution is 9.10. The lowest BCUT2D eigenvalue weighted by molar-refractivity contribution is -0.138. The van der Waals surface area contributed by atoms with Crippen LogP contribution in [0.1, 0.15) is 18.4 Å². The average Bonchev–Trinajstić information content (AvgIpc) is 2.88. The lowest BCUT2D eigenvalue weighted by atomic mass is 10.1. The van der Waals surface area contributed by atoms with E-state index in [0.29, 0.717) is 35.2 Å². The van der Waals surface area contributed by atoms with Gasteiger partial charge in [0.2, 0.25) is 0 Å². The largest absolute Gasteiger partial charge is 0.481 e. The minimum absolute atomic E-state index is 0.0117. The number of amides is 2. The van der Waals surface area contributed by atoms with E-state index in [4.69, 9.17) is 10.4 Å². The van der Waals surface area contributed by atoms with Gasteiger partial charge in [-0.1, -0.05) is 0 Å². The van der Waals surface area contributed by atoms with Crippen LogP contribution in [0.5, 0.6) is 0 Å². The number of likely N-dealkylation sites (tertiary alicyclic amines) is 1. The van der Waals surface area contributed by atoms with Crippen molar-refractivity contribution in [3.05, 3.63) is 28.2 Å². The Kier molecular flexibility index (Phi) is 4.81. The Labute approximate surface area is 130 Å². The fraction of sp³-hybridized carbons (Fsp3) is 0.357. The van der Waals surface area contributed by atoms with Crippen LogP contribution in [0.2, 0.25) is 0 Å². The van der Waals surface area contributed by atoms with Gasteiger partial charge >= 0.3 is 12.0 Å². The van der Waals surface area contributed by atoms with Gasteiger partial charge in [-0.15, -0.1) is 0 Å². The van der Waals surface area contributed by atoms with E-state index >= 15 is 0 Å². The fourth-order valence-corrected chi connectivity index (χ4v) is 2.79. The summed E-state index contributed by atoms with van der Waals surface area (Å²) in [5.74, 6) is -0.824. The maximum atomic E-state index is 12.1. The fourth-order valence-electron chi connectivity index (χ4n) is 2.31. The number of rotatable bonds is 3. The minimum atomic E-state index is -0.836. The van der Waals surface area contributed by atoms with Crippen molar-refractivity contribution in [2.24, 2.45) is 5.92 Å². The van der Waals surface area contributed by atoms with Crippen molar-refractivity contribution in [1.82, 2.24) is 4.90 Å². The highest BCUT2D eigenvalue weighted by atomic mass is 79.9. The van der Waals surface area contributed by atoms with Crippen LogP contribution in [0.25, 0.3) is 0 Å². The van der Waals surface area contributed by atoms with Crippen LogP contribution in [0.15, 0.2) is 22.7 Å². The number of nitrogens with one attached hydrogen (secondary N) is 1. The third kappa shape index (κ3) is 3.95. The molecule has 1 heterocycles. The molecule has 110 valence electrons. The SMILES string of the molecule is N#Cc1ccc(NC(=O)N2CCC(CC(=O)O)C2)c(Br)c1. The summed E-state index contributed by atoms with van der Waals surface area (Å²) in [6.45, 7) is 1.00. The molecule has 0 spiro atoms. The molecule has 1 fully saturated rings. The molecule has 1 aliphatic heterocycles. The summed E-state index contributed by atoms with van der Waals surface area (Å²) in [6, 6.07) is 6.67. The minimum Gasteiger partial charge on any atom is -0.481 e. The van der Waals surface area contributed by atoms with E-state index in [2.05, 4.69) is 21.2 Å². The van der Waals surface area contributed by atoms with Crippen molar-refractivity contribution >= 4 is 33.6 Å².